The molecule has 0 aliphatic carbocycles. The number of benzene rings is 1. The van der Waals surface area contributed by atoms with Crippen LogP contribution in [0, 0.1) is 17.2 Å². The van der Waals surface area contributed by atoms with Crippen molar-refractivity contribution >= 4 is 5.78 Å². The van der Waals surface area contributed by atoms with Crippen LogP contribution in [0.3, 0.4) is 0 Å². The monoisotopic (exact) mass is 215 g/mol. The largest absolute Gasteiger partial charge is 0.300 e. The lowest BCUT2D eigenvalue weighted by Crippen LogP contribution is -2.02. The number of carbonyl (C=O) groups excluding carboxylic acids is 1. The molecule has 2 heteroatoms. The van der Waals surface area contributed by atoms with E-state index in [0.29, 0.717) is 17.9 Å². The van der Waals surface area contributed by atoms with Crippen LogP contribution in [0.15, 0.2) is 24.3 Å². The van der Waals surface area contributed by atoms with Gasteiger partial charge in [-0.1, -0.05) is 19.1 Å². The zero-order valence-electron chi connectivity index (χ0n) is 9.86. The summed E-state index contributed by atoms with van der Waals surface area (Å²) in [7, 11) is 0. The van der Waals surface area contributed by atoms with Gasteiger partial charge in [-0.3, -0.25) is 0 Å². The Balaban J connectivity index is 2.52. The molecule has 0 aliphatic heterocycles. The molecule has 1 aromatic rings. The van der Waals surface area contributed by atoms with Crippen molar-refractivity contribution in [1.82, 2.24) is 0 Å². The molecule has 2 nitrogen and oxygen atoms in total. The van der Waals surface area contributed by atoms with Crippen LogP contribution in [0.5, 0.6) is 0 Å². The molecule has 0 saturated carbocycles. The fourth-order valence-electron chi connectivity index (χ4n) is 1.72. The maximum Gasteiger partial charge on any atom is 0.129 e. The van der Waals surface area contributed by atoms with Crippen LogP contribution in [0.2, 0.25) is 0 Å². The highest BCUT2D eigenvalue weighted by Gasteiger charge is 2.05. The zero-order valence-corrected chi connectivity index (χ0v) is 9.86. The number of hydrogen-bond acceptors (Lipinski definition) is 2. The fourth-order valence-corrected chi connectivity index (χ4v) is 1.72. The van der Waals surface area contributed by atoms with E-state index in [1.54, 1.807) is 6.92 Å². The molecule has 0 aromatic heterocycles. The van der Waals surface area contributed by atoms with Crippen LogP contribution < -0.4 is 0 Å². The summed E-state index contributed by atoms with van der Waals surface area (Å²) in [6, 6.07) is 9.81. The molecule has 0 bridgehead atoms. The van der Waals surface area contributed by atoms with Crippen LogP contribution in [0.1, 0.15) is 37.8 Å². The Morgan fingerprint density at radius 2 is 2.25 bits per heavy atom. The first-order chi connectivity index (χ1) is 7.61. The van der Waals surface area contributed by atoms with Gasteiger partial charge in [-0.25, -0.2) is 0 Å². The first kappa shape index (κ1) is 12.4. The molecular formula is C14H17NO. The summed E-state index contributed by atoms with van der Waals surface area (Å²) in [5.41, 5.74) is 1.88. The minimum absolute atomic E-state index is 0.248. The Morgan fingerprint density at radius 1 is 1.50 bits per heavy atom. The average molecular weight is 215 g/mol. The lowest BCUT2D eigenvalue weighted by atomic mass is 9.95. The van der Waals surface area contributed by atoms with Gasteiger partial charge in [0.05, 0.1) is 11.6 Å². The van der Waals surface area contributed by atoms with Crippen LogP contribution >= 0.6 is 0 Å². The average Bonchev–Trinajstić information content (AvgIpc) is 2.26. The van der Waals surface area contributed by atoms with Gasteiger partial charge in [-0.15, -0.1) is 0 Å². The van der Waals surface area contributed by atoms with Crippen molar-refractivity contribution < 1.29 is 4.79 Å². The second-order valence-corrected chi connectivity index (χ2v) is 4.36. The van der Waals surface area contributed by atoms with Gasteiger partial charge >= 0.3 is 0 Å². The van der Waals surface area contributed by atoms with Gasteiger partial charge in [0.15, 0.2) is 0 Å². The molecule has 1 rings (SSSR count). The Kier molecular flexibility index (Phi) is 4.72. The van der Waals surface area contributed by atoms with E-state index in [1.807, 2.05) is 24.3 Å². The van der Waals surface area contributed by atoms with Crippen molar-refractivity contribution in [3.8, 4) is 6.07 Å². The van der Waals surface area contributed by atoms with Gasteiger partial charge in [0.2, 0.25) is 0 Å². The minimum Gasteiger partial charge on any atom is -0.300 e. The molecule has 1 unspecified atom stereocenters. The molecule has 0 aliphatic rings. The molecule has 16 heavy (non-hydrogen) atoms. The van der Waals surface area contributed by atoms with E-state index >= 15 is 0 Å². The smallest absolute Gasteiger partial charge is 0.129 e. The van der Waals surface area contributed by atoms with Crippen molar-refractivity contribution in [3.63, 3.8) is 0 Å². The normalized spacial score (nSPS) is 11.8. The molecule has 0 N–H and O–H groups in total. The van der Waals surface area contributed by atoms with E-state index in [1.165, 1.54) is 5.56 Å². The Labute approximate surface area is 96.9 Å². The van der Waals surface area contributed by atoms with Gasteiger partial charge < -0.3 is 4.79 Å². The summed E-state index contributed by atoms with van der Waals surface area (Å²) < 4.78 is 0. The Morgan fingerprint density at radius 3 is 2.88 bits per heavy atom. The van der Waals surface area contributed by atoms with Gasteiger partial charge in [-0.2, -0.15) is 5.26 Å². The first-order valence-electron chi connectivity index (χ1n) is 5.60. The van der Waals surface area contributed by atoms with Crippen LogP contribution in [-0.4, -0.2) is 5.78 Å². The summed E-state index contributed by atoms with van der Waals surface area (Å²) in [6.07, 6.45) is 2.51. The quantitative estimate of drug-likeness (QED) is 0.757. The van der Waals surface area contributed by atoms with E-state index in [-0.39, 0.29) is 5.78 Å². The maximum atomic E-state index is 10.9. The molecule has 0 saturated heterocycles. The number of Topliss-reactive ketones (excluding diaryl/α,β-unsaturated/α-hetero) is 1. The SMILES string of the molecule is CC(=O)CCC(C)Cc1cccc(C#N)c1. The summed E-state index contributed by atoms with van der Waals surface area (Å²) in [5, 5.41) is 8.78. The number of carbonyl (C=O) groups is 1. The Bertz CT molecular complexity index is 403. The van der Waals surface area contributed by atoms with Crippen LogP contribution in [0.4, 0.5) is 0 Å². The lowest BCUT2D eigenvalue weighted by molar-refractivity contribution is -0.117. The van der Waals surface area contributed by atoms with Crippen molar-refractivity contribution in [1.29, 1.82) is 5.26 Å². The number of nitrogens with zero attached hydrogens (tertiary/aromatic N) is 1. The minimum atomic E-state index is 0.248. The Hall–Kier alpha value is -1.62. The van der Waals surface area contributed by atoms with E-state index in [0.717, 1.165) is 12.8 Å². The van der Waals surface area contributed by atoms with E-state index < -0.39 is 0 Å². The number of hydrogen-bond donors (Lipinski definition) is 0. The summed E-state index contributed by atoms with van der Waals surface area (Å²) in [4.78, 5) is 10.9. The van der Waals surface area contributed by atoms with E-state index in [2.05, 4.69) is 13.0 Å². The molecular weight excluding hydrogens is 198 g/mol. The van der Waals surface area contributed by atoms with Gasteiger partial charge in [0.25, 0.3) is 0 Å². The second kappa shape index (κ2) is 6.07. The topological polar surface area (TPSA) is 40.9 Å². The molecule has 0 heterocycles. The molecule has 0 spiro atoms. The third-order valence-corrected chi connectivity index (χ3v) is 2.63. The van der Waals surface area contributed by atoms with Crippen molar-refractivity contribution in [2.24, 2.45) is 5.92 Å². The highest BCUT2D eigenvalue weighted by molar-refractivity contribution is 5.75. The van der Waals surface area contributed by atoms with Crippen LogP contribution in [-0.2, 0) is 11.2 Å². The standard InChI is InChI=1S/C14H17NO/c1-11(6-7-12(2)16)8-13-4-3-5-14(9-13)10-15/h3-5,9,11H,6-8H2,1-2H3. The number of nitriles is 1. The number of rotatable bonds is 5. The summed E-state index contributed by atoms with van der Waals surface area (Å²) >= 11 is 0. The lowest BCUT2D eigenvalue weighted by Gasteiger charge is -2.10. The molecule has 1 atom stereocenters. The van der Waals surface area contributed by atoms with Crippen molar-refractivity contribution in [3.05, 3.63) is 35.4 Å². The molecule has 84 valence electrons. The molecule has 0 radical (unpaired) electrons. The van der Waals surface area contributed by atoms with E-state index in [4.69, 9.17) is 5.26 Å². The predicted octanol–water partition coefficient (Wildman–Crippen LogP) is 3.11. The zero-order chi connectivity index (χ0) is 12.0. The molecule has 0 amide bonds. The highest BCUT2D eigenvalue weighted by atomic mass is 16.1. The summed E-state index contributed by atoms with van der Waals surface area (Å²) in [5.74, 6) is 0.732. The second-order valence-electron chi connectivity index (χ2n) is 4.36. The third kappa shape index (κ3) is 4.27. The van der Waals surface area contributed by atoms with Crippen molar-refractivity contribution in [2.45, 2.75) is 33.1 Å². The highest BCUT2D eigenvalue weighted by Crippen LogP contribution is 2.14. The molecule has 0 fully saturated rings. The van der Waals surface area contributed by atoms with Gasteiger partial charge in [0.1, 0.15) is 5.78 Å². The van der Waals surface area contributed by atoms with Crippen molar-refractivity contribution in [2.75, 3.05) is 0 Å². The van der Waals surface area contributed by atoms with Crippen LogP contribution in [0.25, 0.3) is 0 Å². The first-order valence-corrected chi connectivity index (χ1v) is 5.60. The fraction of sp³-hybridized carbons (Fsp3) is 0.429. The van der Waals surface area contributed by atoms with E-state index in [9.17, 15) is 4.79 Å². The summed E-state index contributed by atoms with van der Waals surface area (Å²) in [6.45, 7) is 3.77. The van der Waals surface area contributed by atoms with Gasteiger partial charge in [-0.05, 0) is 43.4 Å². The molecule has 1 aromatic carbocycles. The van der Waals surface area contributed by atoms with Gasteiger partial charge in [0, 0.05) is 6.42 Å². The third-order valence-electron chi connectivity index (χ3n) is 2.63. The number of ketones is 1. The predicted molar refractivity (Wildman–Crippen MR) is 63.9 cm³/mol. The maximum absolute atomic E-state index is 10.9.